The molecule has 1 fully saturated rings. The van der Waals surface area contributed by atoms with E-state index in [4.69, 9.17) is 4.74 Å². The standard InChI is InChI=1S/C20H23BrN2O2/c1-15(25-18-10-8-17(21)9-11-18)20(24)23-13-12-22(2)14-19(23)16-6-4-3-5-7-16/h3-11,15,19H,12-14H2,1-2H3. The van der Waals surface area contributed by atoms with E-state index in [0.29, 0.717) is 12.3 Å². The highest BCUT2D eigenvalue weighted by atomic mass is 79.9. The molecule has 25 heavy (non-hydrogen) atoms. The molecule has 0 aliphatic carbocycles. The number of amides is 1. The lowest BCUT2D eigenvalue weighted by molar-refractivity contribution is -0.143. The summed E-state index contributed by atoms with van der Waals surface area (Å²) in [6.07, 6.45) is -0.518. The molecule has 1 amide bonds. The molecule has 5 heteroatoms. The van der Waals surface area contributed by atoms with Gasteiger partial charge in [-0.2, -0.15) is 0 Å². The summed E-state index contributed by atoms with van der Waals surface area (Å²) in [6.45, 7) is 4.24. The van der Waals surface area contributed by atoms with Crippen LogP contribution < -0.4 is 4.74 Å². The minimum Gasteiger partial charge on any atom is -0.481 e. The van der Waals surface area contributed by atoms with E-state index in [1.54, 1.807) is 0 Å². The first-order valence-corrected chi connectivity index (χ1v) is 9.30. The number of halogens is 1. The Morgan fingerprint density at radius 1 is 1.12 bits per heavy atom. The molecule has 132 valence electrons. The first-order valence-electron chi connectivity index (χ1n) is 8.51. The molecule has 1 aliphatic rings. The van der Waals surface area contributed by atoms with Crippen molar-refractivity contribution in [2.24, 2.45) is 0 Å². The smallest absolute Gasteiger partial charge is 0.263 e. The van der Waals surface area contributed by atoms with Gasteiger partial charge in [-0.15, -0.1) is 0 Å². The monoisotopic (exact) mass is 402 g/mol. The second kappa shape index (κ2) is 8.02. The third-order valence-electron chi connectivity index (χ3n) is 4.53. The lowest BCUT2D eigenvalue weighted by atomic mass is 10.0. The normalized spacial score (nSPS) is 19.5. The topological polar surface area (TPSA) is 32.8 Å². The first-order chi connectivity index (χ1) is 12.0. The number of ether oxygens (including phenoxy) is 1. The van der Waals surface area contributed by atoms with Crippen molar-refractivity contribution in [3.8, 4) is 5.75 Å². The Bertz CT molecular complexity index is 705. The Morgan fingerprint density at radius 3 is 2.48 bits per heavy atom. The van der Waals surface area contributed by atoms with Gasteiger partial charge >= 0.3 is 0 Å². The predicted molar refractivity (Wildman–Crippen MR) is 103 cm³/mol. The summed E-state index contributed by atoms with van der Waals surface area (Å²) in [5.74, 6) is 0.735. The third-order valence-corrected chi connectivity index (χ3v) is 5.05. The molecule has 2 unspecified atom stereocenters. The van der Waals surface area contributed by atoms with Crippen molar-refractivity contribution >= 4 is 21.8 Å². The predicted octanol–water partition coefficient (Wildman–Crippen LogP) is 3.73. The van der Waals surface area contributed by atoms with Gasteiger partial charge in [-0.3, -0.25) is 4.79 Å². The van der Waals surface area contributed by atoms with Gasteiger partial charge < -0.3 is 14.5 Å². The minimum absolute atomic E-state index is 0.0323. The number of carbonyl (C=O) groups is 1. The SMILES string of the molecule is CC(Oc1ccc(Br)cc1)C(=O)N1CCN(C)CC1c1ccccc1. The molecular weight excluding hydrogens is 380 g/mol. The fraction of sp³-hybridized carbons (Fsp3) is 0.350. The fourth-order valence-corrected chi connectivity index (χ4v) is 3.41. The number of carbonyl (C=O) groups excluding carboxylic acids is 1. The summed E-state index contributed by atoms with van der Waals surface area (Å²) < 4.78 is 6.86. The van der Waals surface area contributed by atoms with Crippen LogP contribution in [0, 0.1) is 0 Å². The van der Waals surface area contributed by atoms with E-state index in [2.05, 4.69) is 40.0 Å². The van der Waals surface area contributed by atoms with E-state index >= 15 is 0 Å². The summed E-state index contributed by atoms with van der Waals surface area (Å²) >= 11 is 3.41. The fourth-order valence-electron chi connectivity index (χ4n) is 3.14. The number of nitrogens with zero attached hydrogens (tertiary/aromatic N) is 2. The molecule has 0 radical (unpaired) electrons. The van der Waals surface area contributed by atoms with Crippen molar-refractivity contribution in [1.29, 1.82) is 0 Å². The molecule has 0 spiro atoms. The Kier molecular flexibility index (Phi) is 5.76. The molecule has 0 aromatic heterocycles. The summed E-state index contributed by atoms with van der Waals surface area (Å²) in [5, 5.41) is 0. The van der Waals surface area contributed by atoms with Gasteiger partial charge in [0.1, 0.15) is 5.75 Å². The maximum atomic E-state index is 13.0. The van der Waals surface area contributed by atoms with E-state index < -0.39 is 6.10 Å². The molecule has 4 nitrogen and oxygen atoms in total. The maximum Gasteiger partial charge on any atom is 0.263 e. The van der Waals surface area contributed by atoms with Crippen LogP contribution in [0.3, 0.4) is 0 Å². The van der Waals surface area contributed by atoms with Crippen LogP contribution >= 0.6 is 15.9 Å². The number of rotatable bonds is 4. The molecule has 1 saturated heterocycles. The second-order valence-electron chi connectivity index (χ2n) is 6.43. The highest BCUT2D eigenvalue weighted by Gasteiger charge is 2.33. The Labute approximate surface area is 157 Å². The quantitative estimate of drug-likeness (QED) is 0.780. The number of benzene rings is 2. The van der Waals surface area contributed by atoms with Crippen molar-refractivity contribution in [1.82, 2.24) is 9.80 Å². The Balaban J connectivity index is 1.75. The third kappa shape index (κ3) is 4.41. The van der Waals surface area contributed by atoms with Gasteiger partial charge in [0.2, 0.25) is 0 Å². The zero-order valence-electron chi connectivity index (χ0n) is 14.6. The van der Waals surface area contributed by atoms with Crippen molar-refractivity contribution < 1.29 is 9.53 Å². The highest BCUT2D eigenvalue weighted by molar-refractivity contribution is 9.10. The van der Waals surface area contributed by atoms with Crippen molar-refractivity contribution in [3.63, 3.8) is 0 Å². The number of likely N-dealkylation sites (N-methyl/N-ethyl adjacent to an activating group) is 1. The lowest BCUT2D eigenvalue weighted by Crippen LogP contribution is -2.52. The zero-order chi connectivity index (χ0) is 17.8. The van der Waals surface area contributed by atoms with Gasteiger partial charge in [-0.1, -0.05) is 46.3 Å². The molecule has 3 rings (SSSR count). The van der Waals surface area contributed by atoms with Crippen LogP contribution in [0.25, 0.3) is 0 Å². The van der Waals surface area contributed by atoms with Crippen molar-refractivity contribution in [2.45, 2.75) is 19.1 Å². The minimum atomic E-state index is -0.518. The number of hydrogen-bond donors (Lipinski definition) is 0. The van der Waals surface area contributed by atoms with Gasteiger partial charge in [0.15, 0.2) is 6.10 Å². The summed E-state index contributed by atoms with van der Waals surface area (Å²) in [4.78, 5) is 17.3. The lowest BCUT2D eigenvalue weighted by Gasteiger charge is -2.41. The van der Waals surface area contributed by atoms with Crippen LogP contribution in [0.2, 0.25) is 0 Å². The van der Waals surface area contributed by atoms with Crippen LogP contribution in [-0.2, 0) is 4.79 Å². The van der Waals surface area contributed by atoms with Crippen LogP contribution in [0.4, 0.5) is 0 Å². The van der Waals surface area contributed by atoms with E-state index in [1.165, 1.54) is 5.56 Å². The van der Waals surface area contributed by atoms with Gasteiger partial charge in [-0.05, 0) is 43.8 Å². The second-order valence-corrected chi connectivity index (χ2v) is 7.35. The average Bonchev–Trinajstić information content (AvgIpc) is 2.63. The zero-order valence-corrected chi connectivity index (χ0v) is 16.1. The van der Waals surface area contributed by atoms with E-state index in [1.807, 2.05) is 54.3 Å². The average molecular weight is 403 g/mol. The molecule has 2 atom stereocenters. The van der Waals surface area contributed by atoms with E-state index in [0.717, 1.165) is 17.6 Å². The molecule has 2 aromatic rings. The van der Waals surface area contributed by atoms with Gasteiger partial charge in [0.25, 0.3) is 5.91 Å². The van der Waals surface area contributed by atoms with E-state index in [9.17, 15) is 4.79 Å². The summed E-state index contributed by atoms with van der Waals surface area (Å²) in [5.41, 5.74) is 1.17. The Hall–Kier alpha value is -1.85. The number of piperazine rings is 1. The van der Waals surface area contributed by atoms with Gasteiger partial charge in [-0.25, -0.2) is 0 Å². The van der Waals surface area contributed by atoms with Crippen LogP contribution in [0.5, 0.6) is 5.75 Å². The first kappa shape index (κ1) is 18.0. The molecule has 1 aliphatic heterocycles. The molecule has 0 saturated carbocycles. The summed E-state index contributed by atoms with van der Waals surface area (Å²) in [7, 11) is 2.10. The molecular formula is C20H23BrN2O2. The summed E-state index contributed by atoms with van der Waals surface area (Å²) in [6, 6.07) is 17.8. The van der Waals surface area contributed by atoms with Crippen molar-refractivity contribution in [3.05, 3.63) is 64.6 Å². The van der Waals surface area contributed by atoms with Crippen LogP contribution in [0.1, 0.15) is 18.5 Å². The van der Waals surface area contributed by atoms with Gasteiger partial charge in [0.05, 0.1) is 6.04 Å². The van der Waals surface area contributed by atoms with E-state index in [-0.39, 0.29) is 11.9 Å². The molecule has 2 aromatic carbocycles. The van der Waals surface area contributed by atoms with Crippen LogP contribution in [-0.4, -0.2) is 48.5 Å². The van der Waals surface area contributed by atoms with Gasteiger partial charge in [0, 0.05) is 24.1 Å². The molecule has 0 bridgehead atoms. The molecule has 1 heterocycles. The maximum absolute atomic E-state index is 13.0. The largest absolute Gasteiger partial charge is 0.481 e. The van der Waals surface area contributed by atoms with Crippen LogP contribution in [0.15, 0.2) is 59.1 Å². The van der Waals surface area contributed by atoms with Crippen molar-refractivity contribution in [2.75, 3.05) is 26.7 Å². The Morgan fingerprint density at radius 2 is 1.80 bits per heavy atom. The highest BCUT2D eigenvalue weighted by Crippen LogP contribution is 2.26. The number of hydrogen-bond acceptors (Lipinski definition) is 3. The molecule has 0 N–H and O–H groups in total.